The third-order valence-electron chi connectivity index (χ3n) is 3.51. The second kappa shape index (κ2) is 6.79. The molecule has 0 spiro atoms. The molecule has 0 aliphatic heterocycles. The van der Waals surface area contributed by atoms with Crippen molar-refractivity contribution in [2.24, 2.45) is 11.8 Å². The van der Waals surface area contributed by atoms with Crippen molar-refractivity contribution in [1.82, 2.24) is 15.5 Å². The lowest BCUT2D eigenvalue weighted by Gasteiger charge is -2.15. The van der Waals surface area contributed by atoms with Gasteiger partial charge in [0.15, 0.2) is 5.69 Å². The van der Waals surface area contributed by atoms with Crippen LogP contribution < -0.4 is 5.32 Å². The molecule has 1 aromatic rings. The molecule has 2 N–H and O–H groups in total. The molecule has 8 heteroatoms. The van der Waals surface area contributed by atoms with Gasteiger partial charge in [-0.2, -0.15) is 5.10 Å². The second-order valence-electron chi connectivity index (χ2n) is 5.84. The first-order chi connectivity index (χ1) is 9.55. The van der Waals surface area contributed by atoms with Crippen LogP contribution in [0.15, 0.2) is 4.90 Å². The Morgan fingerprint density at radius 2 is 1.86 bits per heavy atom. The molecule has 1 rings (SSSR count). The van der Waals surface area contributed by atoms with Gasteiger partial charge in [0.05, 0.1) is 5.69 Å². The number of carbonyl (C=O) groups excluding carboxylic acids is 1. The molecular weight excluding hydrogens is 314 g/mol. The lowest BCUT2D eigenvalue weighted by molar-refractivity contribution is 0.0936. The molecule has 0 bridgehead atoms. The average Bonchev–Trinajstić information content (AvgIpc) is 2.79. The van der Waals surface area contributed by atoms with Crippen LogP contribution >= 0.6 is 10.7 Å². The summed E-state index contributed by atoms with van der Waals surface area (Å²) in [4.78, 5) is 11.9. The zero-order valence-corrected chi connectivity index (χ0v) is 14.5. The quantitative estimate of drug-likeness (QED) is 0.781. The molecule has 1 heterocycles. The van der Waals surface area contributed by atoms with Gasteiger partial charge in [-0.05, 0) is 17.8 Å². The fraction of sp³-hybridized carbons (Fsp3) is 0.692. The van der Waals surface area contributed by atoms with Gasteiger partial charge in [-0.15, -0.1) is 0 Å². The Bertz CT molecular complexity index is 608. The maximum Gasteiger partial charge on any atom is 0.273 e. The number of nitrogens with zero attached hydrogens (tertiary/aromatic N) is 1. The van der Waals surface area contributed by atoms with Crippen molar-refractivity contribution >= 4 is 25.6 Å². The molecule has 6 nitrogen and oxygen atoms in total. The number of aromatic nitrogens is 2. The third-order valence-corrected chi connectivity index (χ3v) is 4.87. The first-order valence-corrected chi connectivity index (χ1v) is 9.17. The zero-order chi connectivity index (χ0) is 16.4. The number of hydrogen-bond acceptors (Lipinski definition) is 4. The number of carbonyl (C=O) groups is 1. The summed E-state index contributed by atoms with van der Waals surface area (Å²) in [6, 6.07) is 0. The molecule has 1 unspecified atom stereocenters. The van der Waals surface area contributed by atoms with Crippen LogP contribution in [0.1, 0.15) is 56.7 Å². The molecule has 0 aliphatic rings. The van der Waals surface area contributed by atoms with Gasteiger partial charge in [0.2, 0.25) is 0 Å². The Labute approximate surface area is 130 Å². The Morgan fingerprint density at radius 1 is 1.29 bits per heavy atom. The lowest BCUT2D eigenvalue weighted by atomic mass is 9.98. The van der Waals surface area contributed by atoms with E-state index in [4.69, 9.17) is 10.7 Å². The van der Waals surface area contributed by atoms with E-state index in [2.05, 4.69) is 29.4 Å². The van der Waals surface area contributed by atoms with Crippen molar-refractivity contribution in [3.63, 3.8) is 0 Å². The minimum absolute atomic E-state index is 0.142. The molecule has 21 heavy (non-hydrogen) atoms. The molecule has 0 saturated carbocycles. The Kier molecular flexibility index (Phi) is 5.81. The molecule has 0 radical (unpaired) electrons. The predicted molar refractivity (Wildman–Crippen MR) is 82.1 cm³/mol. The summed E-state index contributed by atoms with van der Waals surface area (Å²) in [6.07, 6.45) is 0. The molecule has 0 aromatic carbocycles. The highest BCUT2D eigenvalue weighted by molar-refractivity contribution is 8.13. The van der Waals surface area contributed by atoms with Crippen LogP contribution in [0.5, 0.6) is 0 Å². The summed E-state index contributed by atoms with van der Waals surface area (Å²) < 4.78 is 23.4. The van der Waals surface area contributed by atoms with Crippen LogP contribution in [0.25, 0.3) is 0 Å². The standard InChI is InChI=1S/C13H22ClN3O3S/c1-7(2)9(5)6-15-13(18)11-12(21(14,19)20)10(8(3)4)16-17-11/h7-9H,6H2,1-5H3,(H,15,18)(H,16,17). The van der Waals surface area contributed by atoms with Gasteiger partial charge in [0.1, 0.15) is 4.90 Å². The van der Waals surface area contributed by atoms with E-state index < -0.39 is 15.0 Å². The Morgan fingerprint density at radius 3 is 2.29 bits per heavy atom. The first kappa shape index (κ1) is 18.0. The highest BCUT2D eigenvalue weighted by Gasteiger charge is 2.29. The van der Waals surface area contributed by atoms with E-state index in [0.29, 0.717) is 18.2 Å². The van der Waals surface area contributed by atoms with Crippen LogP contribution in [0.3, 0.4) is 0 Å². The van der Waals surface area contributed by atoms with Crippen LogP contribution in [-0.2, 0) is 9.05 Å². The first-order valence-electron chi connectivity index (χ1n) is 6.86. The van der Waals surface area contributed by atoms with Gasteiger partial charge >= 0.3 is 0 Å². The average molecular weight is 336 g/mol. The topological polar surface area (TPSA) is 91.9 Å². The molecule has 0 fully saturated rings. The van der Waals surface area contributed by atoms with E-state index >= 15 is 0 Å². The molecule has 120 valence electrons. The lowest BCUT2D eigenvalue weighted by Crippen LogP contribution is -2.31. The molecule has 1 atom stereocenters. The minimum atomic E-state index is -4.05. The van der Waals surface area contributed by atoms with Gasteiger partial charge in [-0.1, -0.05) is 34.6 Å². The maximum atomic E-state index is 12.2. The number of nitrogens with one attached hydrogen (secondary N) is 2. The second-order valence-corrected chi connectivity index (χ2v) is 8.34. The van der Waals surface area contributed by atoms with Crippen molar-refractivity contribution in [1.29, 1.82) is 0 Å². The highest BCUT2D eigenvalue weighted by Crippen LogP contribution is 2.27. The van der Waals surface area contributed by atoms with Crippen LogP contribution in [0.4, 0.5) is 0 Å². The number of hydrogen-bond donors (Lipinski definition) is 2. The number of aromatic amines is 1. The van der Waals surface area contributed by atoms with E-state index in [1.165, 1.54) is 0 Å². The summed E-state index contributed by atoms with van der Waals surface area (Å²) in [5, 5.41) is 9.12. The van der Waals surface area contributed by atoms with Crippen molar-refractivity contribution in [2.75, 3.05) is 6.54 Å². The predicted octanol–water partition coefficient (Wildman–Crippen LogP) is 2.48. The smallest absolute Gasteiger partial charge is 0.273 e. The van der Waals surface area contributed by atoms with E-state index in [9.17, 15) is 13.2 Å². The maximum absolute atomic E-state index is 12.2. The minimum Gasteiger partial charge on any atom is -0.350 e. The molecule has 1 aromatic heterocycles. The largest absolute Gasteiger partial charge is 0.350 e. The third kappa shape index (κ3) is 4.44. The van der Waals surface area contributed by atoms with Gasteiger partial charge in [-0.3, -0.25) is 9.89 Å². The summed E-state index contributed by atoms with van der Waals surface area (Å²) in [5.74, 6) is 0.00231. The SMILES string of the molecule is CC(C)c1[nH]nc(C(=O)NCC(C)C(C)C)c1S(=O)(=O)Cl. The Balaban J connectivity index is 3.06. The Hall–Kier alpha value is -1.08. The summed E-state index contributed by atoms with van der Waals surface area (Å²) >= 11 is 0. The van der Waals surface area contributed by atoms with Crippen LogP contribution in [-0.4, -0.2) is 31.1 Å². The van der Waals surface area contributed by atoms with E-state index in [0.717, 1.165) is 0 Å². The summed E-state index contributed by atoms with van der Waals surface area (Å²) in [7, 11) is 1.40. The number of halogens is 1. The fourth-order valence-electron chi connectivity index (χ4n) is 1.71. The normalized spacial score (nSPS) is 13.7. The van der Waals surface area contributed by atoms with Crippen molar-refractivity contribution in [2.45, 2.75) is 45.4 Å². The summed E-state index contributed by atoms with van der Waals surface area (Å²) in [6.45, 7) is 10.1. The number of H-pyrrole nitrogens is 1. The van der Waals surface area contributed by atoms with Gasteiger partial charge < -0.3 is 5.32 Å². The summed E-state index contributed by atoms with van der Waals surface area (Å²) in [5.41, 5.74) is 0.164. The van der Waals surface area contributed by atoms with E-state index in [-0.39, 0.29) is 22.4 Å². The number of amides is 1. The molecular formula is C13H22ClN3O3S. The fourth-order valence-corrected chi connectivity index (χ4v) is 3.09. The van der Waals surface area contributed by atoms with E-state index in [1.807, 2.05) is 6.92 Å². The van der Waals surface area contributed by atoms with E-state index in [1.54, 1.807) is 13.8 Å². The van der Waals surface area contributed by atoms with Gasteiger partial charge in [0.25, 0.3) is 15.0 Å². The van der Waals surface area contributed by atoms with Crippen molar-refractivity contribution in [3.05, 3.63) is 11.4 Å². The van der Waals surface area contributed by atoms with Gasteiger partial charge in [-0.25, -0.2) is 8.42 Å². The molecule has 0 aliphatic carbocycles. The van der Waals surface area contributed by atoms with Crippen LogP contribution in [0, 0.1) is 11.8 Å². The molecule has 0 saturated heterocycles. The molecule has 1 amide bonds. The van der Waals surface area contributed by atoms with Crippen LogP contribution in [0.2, 0.25) is 0 Å². The van der Waals surface area contributed by atoms with Gasteiger partial charge in [0, 0.05) is 17.2 Å². The highest BCUT2D eigenvalue weighted by atomic mass is 35.7. The van der Waals surface area contributed by atoms with Crippen molar-refractivity contribution < 1.29 is 13.2 Å². The zero-order valence-electron chi connectivity index (χ0n) is 12.9. The van der Waals surface area contributed by atoms with Crippen molar-refractivity contribution in [3.8, 4) is 0 Å². The number of rotatable bonds is 6. The monoisotopic (exact) mass is 335 g/mol.